The summed E-state index contributed by atoms with van der Waals surface area (Å²) in [6.07, 6.45) is 2.18. The van der Waals surface area contributed by atoms with Crippen LogP contribution in [0.2, 0.25) is 0 Å². The molecule has 1 aliphatic rings. The number of rotatable bonds is 7. The van der Waals surface area contributed by atoms with E-state index in [1.165, 1.54) is 6.26 Å². The maximum atomic E-state index is 12.3. The fraction of sp³-hybridized carbons (Fsp3) is 0.333. The number of amides is 1. The van der Waals surface area contributed by atoms with Gasteiger partial charge in [-0.1, -0.05) is 18.2 Å². The van der Waals surface area contributed by atoms with E-state index in [1.54, 1.807) is 12.1 Å². The number of aromatic nitrogens is 2. The van der Waals surface area contributed by atoms with Crippen LogP contribution in [-0.2, 0) is 27.6 Å². The van der Waals surface area contributed by atoms with E-state index in [0.29, 0.717) is 30.8 Å². The quantitative estimate of drug-likeness (QED) is 0.594. The number of hydrogen-bond acceptors (Lipinski definition) is 5. The van der Waals surface area contributed by atoms with Gasteiger partial charge in [-0.15, -0.1) is 0 Å². The first-order valence-corrected chi connectivity index (χ1v) is 12.5. The molecule has 1 N–H and O–H groups in total. The fourth-order valence-corrected chi connectivity index (χ4v) is 4.56. The molecule has 0 aliphatic carbocycles. The van der Waals surface area contributed by atoms with E-state index in [-0.39, 0.29) is 12.0 Å². The van der Waals surface area contributed by atoms with Crippen LogP contribution < -0.4 is 10.1 Å². The first kappa shape index (κ1) is 22.1. The Hall–Kier alpha value is -3.13. The van der Waals surface area contributed by atoms with Crippen molar-refractivity contribution >= 4 is 15.7 Å². The molecule has 0 spiro atoms. The summed E-state index contributed by atoms with van der Waals surface area (Å²) in [5.74, 6) is 0.798. The second-order valence-electron chi connectivity index (χ2n) is 8.27. The second kappa shape index (κ2) is 8.78. The molecule has 4 rings (SSSR count). The normalized spacial score (nSPS) is 15.3. The highest BCUT2D eigenvalue weighted by Gasteiger charge is 2.24. The van der Waals surface area contributed by atoms with Gasteiger partial charge in [0.2, 0.25) is 5.91 Å². The third-order valence-corrected chi connectivity index (χ3v) is 6.73. The number of nitrogens with zero attached hydrogens (tertiary/aromatic N) is 2. The summed E-state index contributed by atoms with van der Waals surface area (Å²) in [5.41, 5.74) is 5.03. The summed E-state index contributed by atoms with van der Waals surface area (Å²) >= 11 is 0. The standard InChI is InChI=1S/C24H27N3O4S/c1-16-12-17(2)27(26-16)11-10-24(28)25-15-21-14-20-13-19(6-9-23(20)31-21)18-4-7-22(8-5-18)32(3,29)30/h4-9,12-13,21H,10-11,14-15H2,1-3H3,(H,25,28). The van der Waals surface area contributed by atoms with Gasteiger partial charge in [0.05, 0.1) is 17.1 Å². The van der Waals surface area contributed by atoms with E-state index in [1.807, 2.05) is 48.9 Å². The first-order valence-electron chi connectivity index (χ1n) is 10.6. The Morgan fingerprint density at radius 2 is 1.84 bits per heavy atom. The minimum absolute atomic E-state index is 0.0243. The summed E-state index contributed by atoms with van der Waals surface area (Å²) in [6.45, 7) is 4.92. The van der Waals surface area contributed by atoms with Gasteiger partial charge in [-0.2, -0.15) is 5.10 Å². The SMILES string of the molecule is Cc1cc(C)n(CCC(=O)NCC2Cc3cc(-c4ccc(S(C)(=O)=O)cc4)ccc3O2)n1. The second-order valence-corrected chi connectivity index (χ2v) is 10.3. The molecular weight excluding hydrogens is 426 g/mol. The summed E-state index contributed by atoms with van der Waals surface area (Å²) in [6, 6.07) is 14.8. The van der Waals surface area contributed by atoms with E-state index in [2.05, 4.69) is 16.5 Å². The van der Waals surface area contributed by atoms with E-state index in [0.717, 1.165) is 33.8 Å². The summed E-state index contributed by atoms with van der Waals surface area (Å²) in [7, 11) is -3.21. The predicted molar refractivity (Wildman–Crippen MR) is 122 cm³/mol. The molecule has 1 unspecified atom stereocenters. The zero-order valence-electron chi connectivity index (χ0n) is 18.5. The van der Waals surface area contributed by atoms with Gasteiger partial charge in [-0.05, 0) is 60.9 Å². The number of ether oxygens (including phenoxy) is 1. The van der Waals surface area contributed by atoms with E-state index in [9.17, 15) is 13.2 Å². The number of carbonyl (C=O) groups excluding carboxylic acids is 1. The first-order chi connectivity index (χ1) is 15.2. The van der Waals surface area contributed by atoms with Crippen molar-refractivity contribution in [1.29, 1.82) is 0 Å². The van der Waals surface area contributed by atoms with Crippen molar-refractivity contribution in [2.24, 2.45) is 0 Å². The maximum absolute atomic E-state index is 12.3. The number of nitrogens with one attached hydrogen (secondary N) is 1. The van der Waals surface area contributed by atoms with Gasteiger partial charge in [0.25, 0.3) is 0 Å². The molecule has 0 saturated heterocycles. The monoisotopic (exact) mass is 453 g/mol. The van der Waals surface area contributed by atoms with E-state index in [4.69, 9.17) is 4.74 Å². The van der Waals surface area contributed by atoms with Crippen LogP contribution in [0, 0.1) is 13.8 Å². The lowest BCUT2D eigenvalue weighted by Gasteiger charge is -2.12. The molecule has 1 amide bonds. The van der Waals surface area contributed by atoms with Gasteiger partial charge >= 0.3 is 0 Å². The highest BCUT2D eigenvalue weighted by atomic mass is 32.2. The van der Waals surface area contributed by atoms with Crippen molar-refractivity contribution in [3.8, 4) is 16.9 Å². The molecule has 0 radical (unpaired) electrons. The molecule has 168 valence electrons. The minimum atomic E-state index is -3.21. The Bertz CT molecular complexity index is 1250. The summed E-state index contributed by atoms with van der Waals surface area (Å²) < 4.78 is 31.1. The van der Waals surface area contributed by atoms with Crippen LogP contribution in [0.4, 0.5) is 0 Å². The highest BCUT2D eigenvalue weighted by molar-refractivity contribution is 7.90. The Morgan fingerprint density at radius 1 is 1.12 bits per heavy atom. The molecule has 0 fully saturated rings. The molecule has 2 heterocycles. The molecule has 1 aliphatic heterocycles. The highest BCUT2D eigenvalue weighted by Crippen LogP contribution is 2.33. The Balaban J connectivity index is 1.32. The minimum Gasteiger partial charge on any atom is -0.488 e. The number of hydrogen-bond donors (Lipinski definition) is 1. The number of fused-ring (bicyclic) bond motifs is 1. The fourth-order valence-electron chi connectivity index (χ4n) is 3.93. The number of benzene rings is 2. The number of sulfone groups is 1. The van der Waals surface area contributed by atoms with Crippen LogP contribution in [0.5, 0.6) is 5.75 Å². The van der Waals surface area contributed by atoms with Crippen molar-refractivity contribution in [2.45, 2.75) is 44.2 Å². The third-order valence-electron chi connectivity index (χ3n) is 5.60. The van der Waals surface area contributed by atoms with Crippen LogP contribution in [-0.4, -0.2) is 43.0 Å². The third kappa shape index (κ3) is 5.02. The molecule has 8 heteroatoms. The molecular formula is C24H27N3O4S. The van der Waals surface area contributed by atoms with Gasteiger partial charge in [0, 0.05) is 31.3 Å². The molecule has 32 heavy (non-hydrogen) atoms. The average Bonchev–Trinajstić information content (AvgIpc) is 3.31. The van der Waals surface area contributed by atoms with Gasteiger partial charge in [0.15, 0.2) is 9.84 Å². The van der Waals surface area contributed by atoms with Crippen molar-refractivity contribution in [2.75, 3.05) is 12.8 Å². The lowest BCUT2D eigenvalue weighted by atomic mass is 10.0. The zero-order chi connectivity index (χ0) is 22.9. The smallest absolute Gasteiger partial charge is 0.221 e. The molecule has 0 bridgehead atoms. The Labute approximate surface area is 188 Å². The number of carbonyl (C=O) groups is 1. The van der Waals surface area contributed by atoms with Crippen LogP contribution in [0.1, 0.15) is 23.4 Å². The van der Waals surface area contributed by atoms with Crippen molar-refractivity contribution in [1.82, 2.24) is 15.1 Å². The largest absolute Gasteiger partial charge is 0.488 e. The van der Waals surface area contributed by atoms with Crippen LogP contribution in [0.25, 0.3) is 11.1 Å². The van der Waals surface area contributed by atoms with Crippen molar-refractivity contribution < 1.29 is 17.9 Å². The summed E-state index contributed by atoms with van der Waals surface area (Å²) in [4.78, 5) is 12.6. The van der Waals surface area contributed by atoms with Gasteiger partial charge in [-0.3, -0.25) is 9.48 Å². The molecule has 1 atom stereocenters. The van der Waals surface area contributed by atoms with Crippen LogP contribution in [0.3, 0.4) is 0 Å². The van der Waals surface area contributed by atoms with Crippen molar-refractivity contribution in [3.63, 3.8) is 0 Å². The molecule has 3 aromatic rings. The predicted octanol–water partition coefficient (Wildman–Crippen LogP) is 3.08. The van der Waals surface area contributed by atoms with Gasteiger partial charge in [-0.25, -0.2) is 8.42 Å². The average molecular weight is 454 g/mol. The lowest BCUT2D eigenvalue weighted by molar-refractivity contribution is -0.121. The van der Waals surface area contributed by atoms with E-state index < -0.39 is 9.84 Å². The maximum Gasteiger partial charge on any atom is 0.221 e. The van der Waals surface area contributed by atoms with Gasteiger partial charge < -0.3 is 10.1 Å². The molecule has 2 aromatic carbocycles. The topological polar surface area (TPSA) is 90.3 Å². The molecule has 0 saturated carbocycles. The van der Waals surface area contributed by atoms with Crippen LogP contribution >= 0.6 is 0 Å². The molecule has 7 nitrogen and oxygen atoms in total. The Morgan fingerprint density at radius 3 is 2.50 bits per heavy atom. The molecule has 1 aromatic heterocycles. The number of aryl methyl sites for hydroxylation is 3. The van der Waals surface area contributed by atoms with E-state index >= 15 is 0 Å². The van der Waals surface area contributed by atoms with Crippen LogP contribution in [0.15, 0.2) is 53.4 Å². The van der Waals surface area contributed by atoms with Gasteiger partial charge in [0.1, 0.15) is 11.9 Å². The summed E-state index contributed by atoms with van der Waals surface area (Å²) in [5, 5.41) is 7.34. The van der Waals surface area contributed by atoms with Crippen molar-refractivity contribution in [3.05, 3.63) is 65.5 Å². The Kier molecular flexibility index (Phi) is 6.06. The lowest BCUT2D eigenvalue weighted by Crippen LogP contribution is -2.34. The zero-order valence-corrected chi connectivity index (χ0v) is 19.3.